The summed E-state index contributed by atoms with van der Waals surface area (Å²) in [5.74, 6) is 0.590. The summed E-state index contributed by atoms with van der Waals surface area (Å²) in [5.41, 5.74) is 4.89. The molecule has 0 N–H and O–H groups in total. The molecular weight excluding hydrogens is 424 g/mol. The molecule has 2 aliphatic carbocycles. The molecule has 2 amide bonds. The van der Waals surface area contributed by atoms with Crippen molar-refractivity contribution in [3.63, 3.8) is 0 Å². The van der Waals surface area contributed by atoms with E-state index in [-0.39, 0.29) is 47.9 Å². The number of carbonyl (C=O) groups excluding carboxylic acids is 2. The molecule has 3 aliphatic heterocycles. The van der Waals surface area contributed by atoms with Crippen LogP contribution >= 0.6 is 0 Å². The van der Waals surface area contributed by atoms with Crippen LogP contribution in [0.2, 0.25) is 0 Å². The highest BCUT2D eigenvalue weighted by molar-refractivity contribution is 5.89. The molecule has 7 rings (SSSR count). The number of nitrogens with zero attached hydrogens (tertiary/aromatic N) is 4. The topological polar surface area (TPSA) is 67.7 Å². The van der Waals surface area contributed by atoms with Gasteiger partial charge in [-0.25, -0.2) is 0 Å². The number of carbonyl (C=O) groups is 2. The number of nitriles is 1. The van der Waals surface area contributed by atoms with E-state index < -0.39 is 0 Å². The lowest BCUT2D eigenvalue weighted by Gasteiger charge is -2.39. The molecule has 6 heteroatoms. The molecule has 0 spiro atoms. The molecule has 0 aromatic heterocycles. The average molecular weight is 453 g/mol. The second kappa shape index (κ2) is 7.16. The third-order valence-corrected chi connectivity index (χ3v) is 8.83. The summed E-state index contributed by atoms with van der Waals surface area (Å²) >= 11 is 0. The minimum absolute atomic E-state index is 0.0242. The van der Waals surface area contributed by atoms with Crippen LogP contribution in [-0.2, 0) is 9.59 Å². The average Bonchev–Trinajstić information content (AvgIpc) is 3.15. The van der Waals surface area contributed by atoms with Crippen molar-refractivity contribution in [2.45, 2.75) is 56.4 Å². The van der Waals surface area contributed by atoms with Crippen molar-refractivity contribution in [1.29, 1.82) is 5.26 Å². The zero-order valence-electron chi connectivity index (χ0n) is 19.3. The fourth-order valence-corrected chi connectivity index (χ4v) is 7.23. The number of fused-ring (bicyclic) bond motifs is 6. The molecule has 5 aliphatic rings. The molecule has 0 radical (unpaired) electrons. The zero-order chi connectivity index (χ0) is 23.1. The Labute approximate surface area is 199 Å². The largest absolute Gasteiger partial charge is 0.326 e. The minimum Gasteiger partial charge on any atom is -0.326 e. The number of amides is 2. The van der Waals surface area contributed by atoms with E-state index in [1.54, 1.807) is 0 Å². The van der Waals surface area contributed by atoms with E-state index in [9.17, 15) is 14.9 Å². The van der Waals surface area contributed by atoms with Crippen molar-refractivity contribution in [2.75, 3.05) is 13.1 Å². The smallest absolute Gasteiger partial charge is 0.241 e. The van der Waals surface area contributed by atoms with Gasteiger partial charge in [0.1, 0.15) is 6.04 Å². The van der Waals surface area contributed by atoms with Crippen LogP contribution in [0.1, 0.15) is 43.4 Å². The monoisotopic (exact) mass is 452 g/mol. The molecule has 34 heavy (non-hydrogen) atoms. The van der Waals surface area contributed by atoms with Gasteiger partial charge in [-0.2, -0.15) is 5.26 Å². The number of likely N-dealkylation sites (tertiary alicyclic amines) is 3. The van der Waals surface area contributed by atoms with Crippen molar-refractivity contribution in [1.82, 2.24) is 14.7 Å². The third-order valence-electron chi connectivity index (χ3n) is 8.83. The van der Waals surface area contributed by atoms with Gasteiger partial charge in [-0.3, -0.25) is 14.5 Å². The van der Waals surface area contributed by atoms with Crippen LogP contribution in [0.3, 0.4) is 0 Å². The summed E-state index contributed by atoms with van der Waals surface area (Å²) in [4.78, 5) is 33.1. The molecule has 6 nitrogen and oxygen atoms in total. The van der Waals surface area contributed by atoms with Gasteiger partial charge in [0.2, 0.25) is 11.8 Å². The van der Waals surface area contributed by atoms with Gasteiger partial charge in [0.25, 0.3) is 0 Å². The molecule has 6 atom stereocenters. The van der Waals surface area contributed by atoms with E-state index in [1.807, 2.05) is 11.8 Å². The van der Waals surface area contributed by atoms with Gasteiger partial charge in [0.15, 0.2) is 0 Å². The van der Waals surface area contributed by atoms with Crippen molar-refractivity contribution in [3.05, 3.63) is 59.7 Å². The van der Waals surface area contributed by atoms with Gasteiger partial charge in [0.05, 0.1) is 18.2 Å². The number of piperidine rings is 1. The summed E-state index contributed by atoms with van der Waals surface area (Å²) in [7, 11) is 0. The molecule has 3 heterocycles. The molecule has 1 saturated carbocycles. The van der Waals surface area contributed by atoms with Crippen molar-refractivity contribution >= 4 is 11.8 Å². The Bertz CT molecular complexity index is 1210. The van der Waals surface area contributed by atoms with Crippen LogP contribution < -0.4 is 0 Å². The first-order valence-corrected chi connectivity index (χ1v) is 12.5. The van der Waals surface area contributed by atoms with Crippen molar-refractivity contribution in [3.8, 4) is 17.2 Å². The summed E-state index contributed by atoms with van der Waals surface area (Å²) in [6.45, 7) is 3.36. The fraction of sp³-hybridized carbons (Fsp3) is 0.464. The maximum atomic E-state index is 13.7. The summed E-state index contributed by atoms with van der Waals surface area (Å²) in [6, 6.07) is 19.2. The molecule has 1 unspecified atom stereocenters. The highest BCUT2D eigenvalue weighted by atomic mass is 16.2. The number of benzene rings is 2. The number of piperazine rings is 1. The van der Waals surface area contributed by atoms with E-state index in [0.29, 0.717) is 12.5 Å². The van der Waals surface area contributed by atoms with Gasteiger partial charge >= 0.3 is 0 Å². The van der Waals surface area contributed by atoms with Crippen molar-refractivity contribution < 1.29 is 9.59 Å². The van der Waals surface area contributed by atoms with E-state index in [0.717, 1.165) is 25.8 Å². The van der Waals surface area contributed by atoms with Gasteiger partial charge in [-0.15, -0.1) is 0 Å². The Balaban J connectivity index is 1.10. The standard InChI is InChI=1S/C28H28N4O2/c1-16(27(33)31-18(13-29)10-17-11-24(17)31)14-30-15-19-12-25(30)28(34)32(19)26-22-8-4-2-6-20(22)21-7-3-5-9-23(21)26/h2-9,16-19,24-26H,10-12,14-15H2,1H3/t16-,17+,18-,19-,24?,25-/m0/s1. The van der Waals surface area contributed by atoms with Crippen LogP contribution in [-0.4, -0.2) is 63.8 Å². The highest BCUT2D eigenvalue weighted by Crippen LogP contribution is 2.51. The van der Waals surface area contributed by atoms with E-state index >= 15 is 0 Å². The summed E-state index contributed by atoms with van der Waals surface area (Å²) in [6.07, 6.45) is 2.70. The number of hydrogen-bond donors (Lipinski definition) is 0. The highest BCUT2D eigenvalue weighted by Gasteiger charge is 2.56. The van der Waals surface area contributed by atoms with E-state index in [1.165, 1.54) is 22.3 Å². The molecule has 4 fully saturated rings. The summed E-state index contributed by atoms with van der Waals surface area (Å²) < 4.78 is 0. The number of hydrogen-bond acceptors (Lipinski definition) is 4. The van der Waals surface area contributed by atoms with Gasteiger partial charge in [-0.05, 0) is 47.4 Å². The second-order valence-electron chi connectivity index (χ2n) is 10.8. The fourth-order valence-electron chi connectivity index (χ4n) is 7.23. The zero-order valence-corrected chi connectivity index (χ0v) is 19.3. The predicted octanol–water partition coefficient (Wildman–Crippen LogP) is 3.19. The Morgan fingerprint density at radius 2 is 1.74 bits per heavy atom. The van der Waals surface area contributed by atoms with Crippen LogP contribution in [0.15, 0.2) is 48.5 Å². The number of rotatable bonds is 4. The summed E-state index contributed by atoms with van der Waals surface area (Å²) in [5, 5.41) is 9.48. The SMILES string of the molecule is C[C@@H](CN1C[C@@H]2C[C@H]1C(=O)N2C1c2ccccc2-c2ccccc21)C(=O)N1C2C[C@H]2C[C@H]1C#N. The van der Waals surface area contributed by atoms with E-state index in [2.05, 4.69) is 64.4 Å². The lowest BCUT2D eigenvalue weighted by molar-refractivity contribution is -0.142. The van der Waals surface area contributed by atoms with Crippen LogP contribution in [0.4, 0.5) is 0 Å². The van der Waals surface area contributed by atoms with Gasteiger partial charge in [0, 0.05) is 31.1 Å². The van der Waals surface area contributed by atoms with Gasteiger partial charge in [-0.1, -0.05) is 55.5 Å². The lowest BCUT2D eigenvalue weighted by atomic mass is 10.0. The minimum atomic E-state index is -0.270. The Kier molecular flexibility index (Phi) is 4.26. The first kappa shape index (κ1) is 20.2. The first-order valence-electron chi connectivity index (χ1n) is 12.5. The van der Waals surface area contributed by atoms with Crippen LogP contribution in [0.5, 0.6) is 0 Å². The molecule has 172 valence electrons. The Morgan fingerprint density at radius 3 is 2.38 bits per heavy atom. The predicted molar refractivity (Wildman–Crippen MR) is 126 cm³/mol. The van der Waals surface area contributed by atoms with Crippen LogP contribution in [0.25, 0.3) is 11.1 Å². The second-order valence-corrected chi connectivity index (χ2v) is 10.8. The maximum Gasteiger partial charge on any atom is 0.241 e. The van der Waals surface area contributed by atoms with Crippen LogP contribution in [0, 0.1) is 23.2 Å². The molecule has 3 saturated heterocycles. The molecule has 2 aromatic carbocycles. The molecular formula is C28H28N4O2. The van der Waals surface area contributed by atoms with E-state index in [4.69, 9.17) is 0 Å². The van der Waals surface area contributed by atoms with Crippen molar-refractivity contribution in [2.24, 2.45) is 11.8 Å². The third kappa shape index (κ3) is 2.71. The Morgan fingerprint density at radius 1 is 1.06 bits per heavy atom. The Hall–Kier alpha value is -3.17. The lowest BCUT2D eigenvalue weighted by Crippen LogP contribution is -2.53. The molecule has 2 aromatic rings. The maximum absolute atomic E-state index is 13.7. The first-order chi connectivity index (χ1) is 16.6. The normalized spacial score (nSPS) is 31.9. The molecule has 2 bridgehead atoms. The quantitative estimate of drug-likeness (QED) is 0.715. The van der Waals surface area contributed by atoms with Gasteiger partial charge < -0.3 is 9.80 Å².